The minimum Gasteiger partial charge on any atom is -0.378 e. The molecule has 0 saturated carbocycles. The number of aromatic nitrogens is 7. The van der Waals surface area contributed by atoms with Gasteiger partial charge in [0, 0.05) is 32.0 Å². The zero-order valence-corrected chi connectivity index (χ0v) is 19.1. The average Bonchev–Trinajstić information content (AvgIpc) is 3.59. The largest absolute Gasteiger partial charge is 0.378 e. The van der Waals surface area contributed by atoms with Crippen molar-refractivity contribution in [1.82, 2.24) is 34.1 Å². The highest BCUT2D eigenvalue weighted by Crippen LogP contribution is 2.29. The van der Waals surface area contributed by atoms with Crippen LogP contribution in [0.2, 0.25) is 0 Å². The van der Waals surface area contributed by atoms with Crippen LogP contribution in [-0.4, -0.2) is 73.1 Å². The third kappa shape index (κ3) is 3.63. The Morgan fingerprint density at radius 1 is 1.12 bits per heavy atom. The average molecular weight is 449 g/mol. The maximum Gasteiger partial charge on any atom is 0.182 e. The third-order valence-corrected chi connectivity index (χ3v) is 6.56. The van der Waals surface area contributed by atoms with Crippen LogP contribution in [0.1, 0.15) is 31.3 Å². The van der Waals surface area contributed by atoms with Crippen LogP contribution in [0.4, 0.5) is 5.82 Å². The van der Waals surface area contributed by atoms with Crippen molar-refractivity contribution in [2.24, 2.45) is 0 Å². The highest BCUT2D eigenvalue weighted by atomic mass is 16.5. The molecule has 172 valence electrons. The molecular formula is C23H28N8O2. The molecule has 0 aliphatic carbocycles. The fourth-order valence-corrected chi connectivity index (χ4v) is 4.77. The molecule has 4 aromatic heterocycles. The van der Waals surface area contributed by atoms with Crippen LogP contribution in [0.15, 0.2) is 18.5 Å². The van der Waals surface area contributed by atoms with Crippen molar-refractivity contribution in [3.63, 3.8) is 0 Å². The van der Waals surface area contributed by atoms with Crippen LogP contribution < -0.4 is 4.90 Å². The number of aryl methyl sites for hydroxylation is 2. The molecule has 0 bridgehead atoms. The smallest absolute Gasteiger partial charge is 0.182 e. The Balaban J connectivity index is 1.51. The SMILES string of the molecule is CCc1nc(-c2nc3cnc(N4CCOCC4)cc3n2C[C@H]2CCCO2)cn2c(C)nnc12. The van der Waals surface area contributed by atoms with E-state index in [9.17, 15) is 0 Å². The highest BCUT2D eigenvalue weighted by molar-refractivity contribution is 5.82. The third-order valence-electron chi connectivity index (χ3n) is 6.56. The first-order valence-electron chi connectivity index (χ1n) is 11.7. The predicted octanol–water partition coefficient (Wildman–Crippen LogP) is 2.42. The number of hydrogen-bond donors (Lipinski definition) is 0. The topological polar surface area (TPSA) is 95.5 Å². The first-order valence-corrected chi connectivity index (χ1v) is 11.7. The Morgan fingerprint density at radius 2 is 2.00 bits per heavy atom. The van der Waals surface area contributed by atoms with E-state index in [1.807, 2.05) is 23.7 Å². The van der Waals surface area contributed by atoms with Gasteiger partial charge in [0.15, 0.2) is 11.5 Å². The van der Waals surface area contributed by atoms with Gasteiger partial charge in [-0.3, -0.25) is 4.40 Å². The number of ether oxygens (including phenoxy) is 2. The molecule has 6 heterocycles. The van der Waals surface area contributed by atoms with Crippen LogP contribution in [0.3, 0.4) is 0 Å². The van der Waals surface area contributed by atoms with E-state index in [-0.39, 0.29) is 6.10 Å². The zero-order chi connectivity index (χ0) is 22.4. The van der Waals surface area contributed by atoms with Gasteiger partial charge in [-0.1, -0.05) is 6.92 Å². The first kappa shape index (κ1) is 20.5. The summed E-state index contributed by atoms with van der Waals surface area (Å²) in [6, 6.07) is 2.15. The second kappa shape index (κ2) is 8.35. The van der Waals surface area contributed by atoms with E-state index in [0.29, 0.717) is 0 Å². The summed E-state index contributed by atoms with van der Waals surface area (Å²) in [5.74, 6) is 2.62. The molecule has 0 radical (unpaired) electrons. The first-order chi connectivity index (χ1) is 16.2. The monoisotopic (exact) mass is 448 g/mol. The van der Waals surface area contributed by atoms with Crippen molar-refractivity contribution in [2.45, 2.75) is 45.8 Å². The Bertz CT molecular complexity index is 1300. The summed E-state index contributed by atoms with van der Waals surface area (Å²) in [6.45, 7) is 8.73. The number of rotatable bonds is 5. The number of fused-ring (bicyclic) bond motifs is 2. The highest BCUT2D eigenvalue weighted by Gasteiger charge is 2.24. The lowest BCUT2D eigenvalue weighted by Gasteiger charge is -2.27. The van der Waals surface area contributed by atoms with Crippen LogP contribution in [-0.2, 0) is 22.4 Å². The lowest BCUT2D eigenvalue weighted by atomic mass is 10.2. The molecule has 6 rings (SSSR count). The number of imidazole rings is 1. The van der Waals surface area contributed by atoms with Gasteiger partial charge in [0.2, 0.25) is 0 Å². The van der Waals surface area contributed by atoms with Crippen LogP contribution >= 0.6 is 0 Å². The maximum absolute atomic E-state index is 6.00. The molecule has 0 unspecified atom stereocenters. The zero-order valence-electron chi connectivity index (χ0n) is 19.1. The quantitative estimate of drug-likeness (QED) is 0.459. The molecule has 10 heteroatoms. The van der Waals surface area contributed by atoms with E-state index in [2.05, 4.69) is 32.7 Å². The molecule has 2 fully saturated rings. The maximum atomic E-state index is 6.00. The lowest BCUT2D eigenvalue weighted by Crippen LogP contribution is -2.36. The van der Waals surface area contributed by atoms with Crippen molar-refractivity contribution < 1.29 is 9.47 Å². The van der Waals surface area contributed by atoms with Gasteiger partial charge in [0.1, 0.15) is 22.9 Å². The molecule has 4 aromatic rings. The van der Waals surface area contributed by atoms with E-state index in [1.165, 1.54) is 0 Å². The fraction of sp³-hybridized carbons (Fsp3) is 0.522. The van der Waals surface area contributed by atoms with Crippen LogP contribution in [0, 0.1) is 6.92 Å². The van der Waals surface area contributed by atoms with Gasteiger partial charge in [0.25, 0.3) is 0 Å². The van der Waals surface area contributed by atoms with Crippen molar-refractivity contribution in [3.05, 3.63) is 30.0 Å². The molecule has 10 nitrogen and oxygen atoms in total. The molecule has 33 heavy (non-hydrogen) atoms. The second-order valence-electron chi connectivity index (χ2n) is 8.68. The Kier molecular flexibility index (Phi) is 5.18. The molecular weight excluding hydrogens is 420 g/mol. The normalized spacial score (nSPS) is 19.2. The molecule has 2 aliphatic rings. The van der Waals surface area contributed by atoms with E-state index in [0.717, 1.165) is 104 Å². The molecule has 2 aliphatic heterocycles. The predicted molar refractivity (Wildman–Crippen MR) is 123 cm³/mol. The molecule has 1 atom stereocenters. The van der Waals surface area contributed by atoms with Gasteiger partial charge in [-0.2, -0.15) is 0 Å². The van der Waals surface area contributed by atoms with Gasteiger partial charge < -0.3 is 18.9 Å². The number of morpholine rings is 1. The molecule has 2 saturated heterocycles. The molecule has 0 spiro atoms. The van der Waals surface area contributed by atoms with Crippen molar-refractivity contribution in [3.8, 4) is 11.5 Å². The summed E-state index contributed by atoms with van der Waals surface area (Å²) in [7, 11) is 0. The van der Waals surface area contributed by atoms with Crippen molar-refractivity contribution in [2.75, 3.05) is 37.8 Å². The Labute approximate surface area is 191 Å². The summed E-state index contributed by atoms with van der Waals surface area (Å²) in [4.78, 5) is 16.9. The summed E-state index contributed by atoms with van der Waals surface area (Å²) in [5, 5.41) is 8.56. The number of pyridine rings is 1. The summed E-state index contributed by atoms with van der Waals surface area (Å²) >= 11 is 0. The standard InChI is InChI=1S/C23H28N8O2/c1-3-17-23-28-27-15(2)30(23)14-19(25-17)22-26-18-12-24-21(29-6-9-32-10-7-29)11-20(18)31(22)13-16-5-4-8-33-16/h11-12,14,16H,3-10,13H2,1-2H3/t16-/m1/s1. The number of hydrogen-bond acceptors (Lipinski definition) is 8. The van der Waals surface area contributed by atoms with Crippen LogP contribution in [0.5, 0.6) is 0 Å². The van der Waals surface area contributed by atoms with Crippen molar-refractivity contribution in [1.29, 1.82) is 0 Å². The van der Waals surface area contributed by atoms with Gasteiger partial charge in [-0.15, -0.1) is 10.2 Å². The van der Waals surface area contributed by atoms with E-state index >= 15 is 0 Å². The van der Waals surface area contributed by atoms with E-state index in [4.69, 9.17) is 24.4 Å². The van der Waals surface area contributed by atoms with E-state index in [1.54, 1.807) is 0 Å². The van der Waals surface area contributed by atoms with Crippen LogP contribution in [0.25, 0.3) is 28.2 Å². The number of anilines is 1. The summed E-state index contributed by atoms with van der Waals surface area (Å²) in [6.07, 6.45) is 6.96. The van der Waals surface area contributed by atoms with Gasteiger partial charge in [-0.05, 0) is 26.2 Å². The molecule has 0 aromatic carbocycles. The second-order valence-corrected chi connectivity index (χ2v) is 8.68. The lowest BCUT2D eigenvalue weighted by molar-refractivity contribution is 0.0982. The summed E-state index contributed by atoms with van der Waals surface area (Å²) < 4.78 is 15.8. The number of nitrogens with zero attached hydrogens (tertiary/aromatic N) is 8. The minimum atomic E-state index is 0.173. The summed E-state index contributed by atoms with van der Waals surface area (Å²) in [5.41, 5.74) is 4.44. The van der Waals surface area contributed by atoms with Gasteiger partial charge in [0.05, 0.1) is 43.3 Å². The molecule has 0 N–H and O–H groups in total. The van der Waals surface area contributed by atoms with E-state index < -0.39 is 0 Å². The van der Waals surface area contributed by atoms with Gasteiger partial charge in [-0.25, -0.2) is 15.0 Å². The Morgan fingerprint density at radius 3 is 2.79 bits per heavy atom. The van der Waals surface area contributed by atoms with Gasteiger partial charge >= 0.3 is 0 Å². The van der Waals surface area contributed by atoms with Crippen molar-refractivity contribution >= 4 is 22.5 Å². The fourth-order valence-electron chi connectivity index (χ4n) is 4.77. The Hall–Kier alpha value is -3.11. The minimum absolute atomic E-state index is 0.173. The molecule has 0 amide bonds.